The highest BCUT2D eigenvalue weighted by molar-refractivity contribution is 5.83. The van der Waals surface area contributed by atoms with Crippen molar-refractivity contribution in [2.24, 2.45) is 0 Å². The number of nitrogens with zero attached hydrogens (tertiary/aromatic N) is 3. The van der Waals surface area contributed by atoms with Crippen LogP contribution in [0.3, 0.4) is 0 Å². The van der Waals surface area contributed by atoms with E-state index in [1.165, 1.54) is 6.20 Å². The molecule has 0 radical (unpaired) electrons. The molecule has 4 N–H and O–H groups in total. The molecule has 0 aliphatic carbocycles. The number of aliphatic hydroxyl groups is 3. The van der Waals surface area contributed by atoms with Gasteiger partial charge < -0.3 is 29.5 Å². The number of benzene rings is 2. The number of hydrogen-bond acceptors (Lipinski definition) is 10. The van der Waals surface area contributed by atoms with Gasteiger partial charge in [0.1, 0.15) is 36.6 Å². The van der Waals surface area contributed by atoms with Crippen molar-refractivity contribution < 1.29 is 34.3 Å². The van der Waals surface area contributed by atoms with E-state index in [4.69, 9.17) is 14.2 Å². The molecule has 0 saturated heterocycles. The van der Waals surface area contributed by atoms with Crippen molar-refractivity contribution in [3.05, 3.63) is 108 Å². The van der Waals surface area contributed by atoms with Crippen molar-refractivity contribution in [2.45, 2.75) is 25.7 Å². The van der Waals surface area contributed by atoms with Gasteiger partial charge in [-0.3, -0.25) is 10.2 Å². The number of ether oxygens (including phenoxy) is 3. The van der Waals surface area contributed by atoms with Gasteiger partial charge in [-0.25, -0.2) is 14.8 Å². The van der Waals surface area contributed by atoms with E-state index in [2.05, 4.69) is 15.3 Å². The van der Waals surface area contributed by atoms with Gasteiger partial charge in [-0.2, -0.15) is 0 Å². The van der Waals surface area contributed by atoms with Crippen molar-refractivity contribution in [1.29, 1.82) is 0 Å². The van der Waals surface area contributed by atoms with Crippen molar-refractivity contribution in [3.63, 3.8) is 0 Å². The summed E-state index contributed by atoms with van der Waals surface area (Å²) in [4.78, 5) is 22.0. The molecule has 1 amide bonds. The van der Waals surface area contributed by atoms with E-state index in [1.807, 2.05) is 54.6 Å². The number of anilines is 1. The molecule has 0 spiro atoms. The molecule has 11 nitrogen and oxygen atoms in total. The van der Waals surface area contributed by atoms with Crippen molar-refractivity contribution >= 4 is 11.9 Å². The van der Waals surface area contributed by atoms with Gasteiger partial charge in [-0.05, 0) is 53.9 Å². The molecule has 4 rings (SSSR count). The predicted molar refractivity (Wildman–Crippen MR) is 155 cm³/mol. The summed E-state index contributed by atoms with van der Waals surface area (Å²) in [5.74, 6) is 1.68. The maximum absolute atomic E-state index is 12.0. The van der Waals surface area contributed by atoms with Gasteiger partial charge in [0.05, 0.1) is 19.5 Å². The van der Waals surface area contributed by atoms with E-state index in [-0.39, 0.29) is 33.1 Å². The molecule has 4 aromatic rings. The lowest BCUT2D eigenvalue weighted by Gasteiger charge is -2.23. The molecular formula is C31H34N4O7. The zero-order chi connectivity index (χ0) is 29.6. The number of pyridine rings is 2. The maximum atomic E-state index is 12.0. The minimum absolute atomic E-state index is 0.000538. The Morgan fingerprint density at radius 3 is 2.40 bits per heavy atom. The topological polar surface area (TPSA) is 146 Å². The van der Waals surface area contributed by atoms with Crippen LogP contribution in [0.15, 0.2) is 91.3 Å². The number of carbonyl (C=O) groups is 1. The van der Waals surface area contributed by atoms with Gasteiger partial charge in [0.25, 0.3) is 0 Å². The Hall–Kier alpha value is -4.55. The standard InChI is InChI=1S/C31H34N4O7/c36-19-25-7-4-15-32-30(25)42-27-10-8-23(9-11-27)14-16-35(22-37)18-26(38)21-40-28-12-13-29(33-17-28)34-31(39)41-20-24-5-2-1-3-6-24/h1-13,15,17,26,36-38H,14,16,18-22H2,(H,33,34,39)/t26-/m0/s1. The Morgan fingerprint density at radius 1 is 0.905 bits per heavy atom. The highest BCUT2D eigenvalue weighted by Gasteiger charge is 2.13. The van der Waals surface area contributed by atoms with Crippen LogP contribution in [-0.4, -0.2) is 68.8 Å². The molecule has 42 heavy (non-hydrogen) atoms. The van der Waals surface area contributed by atoms with Crippen LogP contribution >= 0.6 is 0 Å². The highest BCUT2D eigenvalue weighted by Crippen LogP contribution is 2.23. The van der Waals surface area contributed by atoms with Crippen LogP contribution in [0.4, 0.5) is 10.6 Å². The van der Waals surface area contributed by atoms with Crippen LogP contribution in [0.2, 0.25) is 0 Å². The van der Waals surface area contributed by atoms with Crippen LogP contribution in [-0.2, 0) is 24.4 Å². The van der Waals surface area contributed by atoms with Gasteiger partial charge in [-0.15, -0.1) is 0 Å². The first kappa shape index (κ1) is 30.4. The molecule has 0 bridgehead atoms. The molecule has 0 saturated carbocycles. The minimum Gasteiger partial charge on any atom is -0.489 e. The number of amides is 1. The molecule has 0 fully saturated rings. The largest absolute Gasteiger partial charge is 0.489 e. The normalized spacial score (nSPS) is 11.6. The van der Waals surface area contributed by atoms with Crippen molar-refractivity contribution in [3.8, 4) is 17.4 Å². The van der Waals surface area contributed by atoms with E-state index in [0.29, 0.717) is 41.7 Å². The third-order valence-corrected chi connectivity index (χ3v) is 6.17. The Bertz CT molecular complexity index is 1370. The third kappa shape index (κ3) is 9.82. The summed E-state index contributed by atoms with van der Waals surface area (Å²) in [5.41, 5.74) is 2.51. The highest BCUT2D eigenvalue weighted by atomic mass is 16.5. The van der Waals surface area contributed by atoms with Gasteiger partial charge >= 0.3 is 6.09 Å². The third-order valence-electron chi connectivity index (χ3n) is 6.17. The minimum atomic E-state index is -0.849. The van der Waals surface area contributed by atoms with E-state index in [9.17, 15) is 20.1 Å². The van der Waals surface area contributed by atoms with Gasteiger partial charge in [0.2, 0.25) is 5.88 Å². The van der Waals surface area contributed by atoms with E-state index in [0.717, 1.165) is 11.1 Å². The lowest BCUT2D eigenvalue weighted by molar-refractivity contribution is 0.0311. The van der Waals surface area contributed by atoms with Crippen molar-refractivity contribution in [1.82, 2.24) is 14.9 Å². The summed E-state index contributed by atoms with van der Waals surface area (Å²) in [5, 5.41) is 32.2. The van der Waals surface area contributed by atoms with Gasteiger partial charge in [-0.1, -0.05) is 42.5 Å². The van der Waals surface area contributed by atoms with Crippen LogP contribution in [0.25, 0.3) is 0 Å². The summed E-state index contributed by atoms with van der Waals surface area (Å²) >= 11 is 0. The fourth-order valence-corrected chi connectivity index (χ4v) is 3.93. The average Bonchev–Trinajstić information content (AvgIpc) is 3.03. The molecule has 2 heterocycles. The second-order valence-corrected chi connectivity index (χ2v) is 9.37. The number of carbonyl (C=O) groups excluding carboxylic acids is 1. The summed E-state index contributed by atoms with van der Waals surface area (Å²) in [6, 6.07) is 23.5. The molecule has 0 aliphatic rings. The van der Waals surface area contributed by atoms with E-state index >= 15 is 0 Å². The van der Waals surface area contributed by atoms with Crippen LogP contribution < -0.4 is 14.8 Å². The quantitative estimate of drug-likeness (QED) is 0.155. The zero-order valence-electron chi connectivity index (χ0n) is 23.0. The SMILES string of the molecule is O=C(Nc1ccc(OC[C@@H](O)CN(CO)CCc2ccc(Oc3ncccc3CO)cc2)cn1)OCc1ccccc1. The Labute approximate surface area is 244 Å². The monoisotopic (exact) mass is 574 g/mol. The first-order valence-electron chi connectivity index (χ1n) is 13.4. The molecule has 2 aromatic carbocycles. The summed E-state index contributed by atoms with van der Waals surface area (Å²) < 4.78 is 16.6. The molecule has 2 aromatic heterocycles. The molecule has 1 atom stereocenters. The Kier molecular flexibility index (Phi) is 11.6. The molecule has 220 valence electrons. The smallest absolute Gasteiger partial charge is 0.413 e. The predicted octanol–water partition coefficient (Wildman–Crippen LogP) is 3.74. The Balaban J connectivity index is 1.16. The molecular weight excluding hydrogens is 540 g/mol. The first-order valence-corrected chi connectivity index (χ1v) is 13.4. The molecule has 0 unspecified atom stereocenters. The number of rotatable bonds is 15. The number of aliphatic hydroxyl groups excluding tert-OH is 3. The van der Waals surface area contributed by atoms with Crippen LogP contribution in [0.1, 0.15) is 16.7 Å². The lowest BCUT2D eigenvalue weighted by atomic mass is 10.1. The summed E-state index contributed by atoms with van der Waals surface area (Å²) in [6.07, 6.45) is 2.22. The van der Waals surface area contributed by atoms with E-state index in [1.54, 1.807) is 35.4 Å². The number of hydrogen-bond donors (Lipinski definition) is 4. The molecule has 0 aliphatic heterocycles. The summed E-state index contributed by atoms with van der Waals surface area (Å²) in [6.45, 7) is 0.497. The van der Waals surface area contributed by atoms with Gasteiger partial charge in [0.15, 0.2) is 0 Å². The second kappa shape index (κ2) is 16.0. The number of nitrogens with one attached hydrogen (secondary N) is 1. The Morgan fingerprint density at radius 2 is 1.69 bits per heavy atom. The first-order chi connectivity index (χ1) is 20.5. The van der Waals surface area contributed by atoms with Crippen LogP contribution in [0.5, 0.6) is 17.4 Å². The van der Waals surface area contributed by atoms with Crippen LogP contribution in [0, 0.1) is 0 Å². The zero-order valence-corrected chi connectivity index (χ0v) is 23.0. The van der Waals surface area contributed by atoms with Crippen molar-refractivity contribution in [2.75, 3.05) is 31.7 Å². The second-order valence-electron chi connectivity index (χ2n) is 9.37. The van der Waals surface area contributed by atoms with E-state index < -0.39 is 12.2 Å². The van der Waals surface area contributed by atoms with Gasteiger partial charge in [0, 0.05) is 24.8 Å². The average molecular weight is 575 g/mol. The fourth-order valence-electron chi connectivity index (χ4n) is 3.93. The maximum Gasteiger partial charge on any atom is 0.413 e. The lowest BCUT2D eigenvalue weighted by Crippen LogP contribution is -2.37. The fraction of sp³-hybridized carbons (Fsp3) is 0.258. The molecule has 11 heteroatoms. The number of aromatic nitrogens is 2. The summed E-state index contributed by atoms with van der Waals surface area (Å²) in [7, 11) is 0.